The van der Waals surface area contributed by atoms with Crippen molar-refractivity contribution in [1.82, 2.24) is 20.1 Å². The van der Waals surface area contributed by atoms with Gasteiger partial charge in [-0.15, -0.1) is 0 Å². The standard InChI is InChI=1S/C18H26N4O2/c1-4-12(3)22-17-15(10-19-22)14(9-11(2)20-17)18(24)21-16(7-8-23)13-5-6-13/h9-10,12-13,16,23H,4-8H2,1-3H3,(H,21,24). The van der Waals surface area contributed by atoms with Crippen LogP contribution in [0.2, 0.25) is 0 Å². The second-order valence-electron chi connectivity index (χ2n) is 6.82. The summed E-state index contributed by atoms with van der Waals surface area (Å²) in [5.41, 5.74) is 2.19. The second-order valence-corrected chi connectivity index (χ2v) is 6.82. The summed E-state index contributed by atoms with van der Waals surface area (Å²) in [7, 11) is 0. The summed E-state index contributed by atoms with van der Waals surface area (Å²) >= 11 is 0. The lowest BCUT2D eigenvalue weighted by atomic mass is 10.1. The van der Waals surface area contributed by atoms with Gasteiger partial charge >= 0.3 is 0 Å². The van der Waals surface area contributed by atoms with E-state index in [0.717, 1.165) is 36.0 Å². The monoisotopic (exact) mass is 330 g/mol. The fraction of sp³-hybridized carbons (Fsp3) is 0.611. The topological polar surface area (TPSA) is 80.0 Å². The maximum atomic E-state index is 12.8. The quantitative estimate of drug-likeness (QED) is 0.818. The lowest BCUT2D eigenvalue weighted by Gasteiger charge is -2.17. The average Bonchev–Trinajstić information content (AvgIpc) is 3.33. The first-order valence-corrected chi connectivity index (χ1v) is 8.81. The van der Waals surface area contributed by atoms with E-state index in [9.17, 15) is 9.90 Å². The molecule has 2 heterocycles. The molecular formula is C18H26N4O2. The summed E-state index contributed by atoms with van der Waals surface area (Å²) in [5, 5.41) is 17.6. The van der Waals surface area contributed by atoms with Crippen LogP contribution in [0.15, 0.2) is 12.3 Å². The molecule has 1 aliphatic rings. The lowest BCUT2D eigenvalue weighted by molar-refractivity contribution is 0.0926. The Morgan fingerprint density at radius 2 is 2.25 bits per heavy atom. The van der Waals surface area contributed by atoms with Crippen molar-refractivity contribution in [3.8, 4) is 0 Å². The number of amides is 1. The molecule has 6 heteroatoms. The van der Waals surface area contributed by atoms with Gasteiger partial charge in [0.05, 0.1) is 23.2 Å². The first kappa shape index (κ1) is 16.9. The first-order chi connectivity index (χ1) is 11.5. The smallest absolute Gasteiger partial charge is 0.252 e. The number of nitrogens with one attached hydrogen (secondary N) is 1. The van der Waals surface area contributed by atoms with Gasteiger partial charge in [-0.25, -0.2) is 9.67 Å². The maximum Gasteiger partial charge on any atom is 0.252 e. The molecule has 1 aliphatic carbocycles. The molecule has 24 heavy (non-hydrogen) atoms. The minimum atomic E-state index is -0.0976. The van der Waals surface area contributed by atoms with Crippen molar-refractivity contribution in [2.45, 2.75) is 58.5 Å². The molecule has 0 aliphatic heterocycles. The number of carbonyl (C=O) groups is 1. The number of hydrogen-bond acceptors (Lipinski definition) is 4. The van der Waals surface area contributed by atoms with Crippen molar-refractivity contribution in [2.75, 3.05) is 6.61 Å². The van der Waals surface area contributed by atoms with E-state index in [1.807, 2.05) is 17.7 Å². The molecule has 0 radical (unpaired) electrons. The summed E-state index contributed by atoms with van der Waals surface area (Å²) in [5.74, 6) is 0.405. The van der Waals surface area contributed by atoms with E-state index >= 15 is 0 Å². The molecule has 2 N–H and O–H groups in total. The van der Waals surface area contributed by atoms with Crippen molar-refractivity contribution in [2.24, 2.45) is 5.92 Å². The Bertz CT molecular complexity index is 736. The number of aliphatic hydroxyl groups is 1. The molecule has 1 saturated carbocycles. The Hall–Kier alpha value is -1.95. The number of nitrogens with zero attached hydrogens (tertiary/aromatic N) is 3. The molecular weight excluding hydrogens is 304 g/mol. The van der Waals surface area contributed by atoms with Crippen LogP contribution in [0, 0.1) is 12.8 Å². The van der Waals surface area contributed by atoms with E-state index in [4.69, 9.17) is 0 Å². The Morgan fingerprint density at radius 1 is 1.50 bits per heavy atom. The number of carbonyl (C=O) groups excluding carboxylic acids is 1. The minimum absolute atomic E-state index is 0.0515. The van der Waals surface area contributed by atoms with Gasteiger partial charge in [-0.3, -0.25) is 4.79 Å². The van der Waals surface area contributed by atoms with Crippen LogP contribution in [0.1, 0.15) is 61.6 Å². The average molecular weight is 330 g/mol. The van der Waals surface area contributed by atoms with Crippen molar-refractivity contribution in [1.29, 1.82) is 0 Å². The Morgan fingerprint density at radius 3 is 2.88 bits per heavy atom. The number of hydrogen-bond donors (Lipinski definition) is 2. The summed E-state index contributed by atoms with van der Waals surface area (Å²) in [4.78, 5) is 17.4. The van der Waals surface area contributed by atoms with Crippen LogP contribution in [-0.2, 0) is 0 Å². The predicted molar refractivity (Wildman–Crippen MR) is 92.9 cm³/mol. The number of aryl methyl sites for hydroxylation is 1. The Kier molecular flexibility index (Phi) is 4.85. The zero-order valence-corrected chi connectivity index (χ0v) is 14.6. The highest BCUT2D eigenvalue weighted by Crippen LogP contribution is 2.34. The fourth-order valence-corrected chi connectivity index (χ4v) is 3.14. The molecule has 1 fully saturated rings. The van der Waals surface area contributed by atoms with Gasteiger partial charge in [0, 0.05) is 18.3 Å². The van der Waals surface area contributed by atoms with E-state index < -0.39 is 0 Å². The largest absolute Gasteiger partial charge is 0.396 e. The minimum Gasteiger partial charge on any atom is -0.396 e. The molecule has 2 atom stereocenters. The fourth-order valence-electron chi connectivity index (χ4n) is 3.14. The van der Waals surface area contributed by atoms with Crippen LogP contribution in [-0.4, -0.2) is 38.4 Å². The van der Waals surface area contributed by atoms with E-state index in [-0.39, 0.29) is 24.6 Å². The Balaban J connectivity index is 1.93. The van der Waals surface area contributed by atoms with Crippen LogP contribution in [0.5, 0.6) is 0 Å². The molecule has 1 amide bonds. The van der Waals surface area contributed by atoms with Crippen LogP contribution >= 0.6 is 0 Å². The van der Waals surface area contributed by atoms with Crippen molar-refractivity contribution >= 4 is 16.9 Å². The summed E-state index contributed by atoms with van der Waals surface area (Å²) in [6.07, 6.45) is 5.55. The number of aromatic nitrogens is 3. The maximum absolute atomic E-state index is 12.8. The van der Waals surface area contributed by atoms with Gasteiger partial charge in [-0.2, -0.15) is 5.10 Å². The summed E-state index contributed by atoms with van der Waals surface area (Å²) in [6, 6.07) is 2.11. The highest BCUT2D eigenvalue weighted by atomic mass is 16.3. The van der Waals surface area contributed by atoms with Gasteiger partial charge in [-0.1, -0.05) is 6.92 Å². The van der Waals surface area contributed by atoms with Gasteiger partial charge < -0.3 is 10.4 Å². The molecule has 6 nitrogen and oxygen atoms in total. The van der Waals surface area contributed by atoms with Crippen LogP contribution in [0.25, 0.3) is 11.0 Å². The highest BCUT2D eigenvalue weighted by molar-refractivity contribution is 6.05. The number of fused-ring (bicyclic) bond motifs is 1. The normalized spacial score (nSPS) is 17.0. The van der Waals surface area contributed by atoms with Gasteiger partial charge in [0.2, 0.25) is 0 Å². The van der Waals surface area contributed by atoms with Crippen molar-refractivity contribution in [3.63, 3.8) is 0 Å². The van der Waals surface area contributed by atoms with E-state index in [0.29, 0.717) is 17.9 Å². The zero-order valence-electron chi connectivity index (χ0n) is 14.6. The summed E-state index contributed by atoms with van der Waals surface area (Å²) in [6.45, 7) is 6.20. The van der Waals surface area contributed by atoms with E-state index in [1.165, 1.54) is 0 Å². The molecule has 130 valence electrons. The van der Waals surface area contributed by atoms with Crippen molar-refractivity contribution in [3.05, 3.63) is 23.5 Å². The number of rotatable bonds is 7. The van der Waals surface area contributed by atoms with Gasteiger partial charge in [0.25, 0.3) is 5.91 Å². The third-order valence-electron chi connectivity index (χ3n) is 4.90. The van der Waals surface area contributed by atoms with Gasteiger partial charge in [0.1, 0.15) is 0 Å². The lowest BCUT2D eigenvalue weighted by Crippen LogP contribution is -2.37. The molecule has 0 spiro atoms. The first-order valence-electron chi connectivity index (χ1n) is 8.81. The third kappa shape index (κ3) is 3.29. The van der Waals surface area contributed by atoms with Crippen LogP contribution < -0.4 is 5.32 Å². The molecule has 0 saturated heterocycles. The second kappa shape index (κ2) is 6.89. The van der Waals surface area contributed by atoms with Crippen molar-refractivity contribution < 1.29 is 9.90 Å². The molecule has 0 aromatic carbocycles. The SMILES string of the molecule is CCC(C)n1ncc2c(C(=O)NC(CCO)C3CC3)cc(C)nc21. The third-order valence-corrected chi connectivity index (χ3v) is 4.90. The molecule has 3 rings (SSSR count). The highest BCUT2D eigenvalue weighted by Gasteiger charge is 2.32. The van der Waals surface area contributed by atoms with Crippen LogP contribution in [0.3, 0.4) is 0 Å². The predicted octanol–water partition coefficient (Wildman–Crippen LogP) is 2.60. The number of pyridine rings is 1. The zero-order chi connectivity index (χ0) is 17.3. The molecule has 2 unspecified atom stereocenters. The van der Waals surface area contributed by atoms with Crippen LogP contribution in [0.4, 0.5) is 0 Å². The number of aliphatic hydroxyl groups excluding tert-OH is 1. The Labute approximate surface area is 142 Å². The molecule has 2 aromatic rings. The molecule has 0 bridgehead atoms. The van der Waals surface area contributed by atoms with Gasteiger partial charge in [0.15, 0.2) is 5.65 Å². The van der Waals surface area contributed by atoms with E-state index in [2.05, 4.69) is 29.2 Å². The van der Waals surface area contributed by atoms with E-state index in [1.54, 1.807) is 6.20 Å². The van der Waals surface area contributed by atoms with Gasteiger partial charge in [-0.05, 0) is 51.5 Å². The summed E-state index contributed by atoms with van der Waals surface area (Å²) < 4.78 is 1.89. The molecule has 2 aromatic heterocycles.